The molecule has 0 N–H and O–H groups in total. The van der Waals surface area contributed by atoms with Crippen LogP contribution >= 0.6 is 0 Å². The predicted molar refractivity (Wildman–Crippen MR) is 46.6 cm³/mol. The Bertz CT molecular complexity index is 98.7. The molecule has 0 amide bonds. The van der Waals surface area contributed by atoms with Gasteiger partial charge in [-0.1, -0.05) is 12.6 Å². The monoisotopic (exact) mass is 156 g/mol. The molecule has 0 fully saturated rings. The van der Waals surface area contributed by atoms with Crippen molar-refractivity contribution < 1.29 is 9.47 Å². The van der Waals surface area contributed by atoms with Crippen LogP contribution in [0.25, 0.3) is 0 Å². The van der Waals surface area contributed by atoms with E-state index in [0.29, 0.717) is 0 Å². The zero-order valence-electron chi connectivity index (χ0n) is 8.05. The Labute approximate surface area is 70.7 Å². The van der Waals surface area contributed by atoms with Gasteiger partial charge in [-0.05, 0) is 27.7 Å². The Kier molecular flexibility index (Phi) is 4.12. The molecule has 0 unspecified atom stereocenters. The molecule has 3 heteroatoms. The van der Waals surface area contributed by atoms with E-state index in [0.717, 1.165) is 0 Å². The highest BCUT2D eigenvalue weighted by atomic mass is 16.7. The summed E-state index contributed by atoms with van der Waals surface area (Å²) in [7, 11) is 5.67. The van der Waals surface area contributed by atoms with E-state index < -0.39 is 5.69 Å². The van der Waals surface area contributed by atoms with Crippen molar-refractivity contribution in [2.75, 3.05) is 0 Å². The Balaban J connectivity index is 3.79. The van der Waals surface area contributed by atoms with Crippen LogP contribution in [0.4, 0.5) is 0 Å². The first-order valence-corrected chi connectivity index (χ1v) is 3.98. The standard InChI is InChI=1S/C8H17BO2/c1-6(2)10-8(5,9)11-7(3)4/h6-7H,1-5H3/q-1. The average Bonchev–Trinajstić information content (AvgIpc) is 1.53. The van der Waals surface area contributed by atoms with Crippen molar-refractivity contribution in [1.82, 2.24) is 0 Å². The molecule has 65 valence electrons. The van der Waals surface area contributed by atoms with Crippen LogP contribution in [-0.2, 0) is 9.47 Å². The molecular formula is C8H17BO2-. The normalized spacial score (nSPS) is 13.1. The molecule has 0 rings (SSSR count). The number of rotatable bonds is 4. The van der Waals surface area contributed by atoms with Crippen LogP contribution in [0.15, 0.2) is 0 Å². The van der Waals surface area contributed by atoms with Crippen molar-refractivity contribution >= 4 is 7.85 Å². The first-order chi connectivity index (χ1) is 4.83. The van der Waals surface area contributed by atoms with Crippen molar-refractivity contribution in [2.24, 2.45) is 0 Å². The lowest BCUT2D eigenvalue weighted by atomic mass is 9.96. The van der Waals surface area contributed by atoms with Gasteiger partial charge in [0.1, 0.15) is 0 Å². The van der Waals surface area contributed by atoms with Crippen LogP contribution < -0.4 is 0 Å². The molecular weight excluding hydrogens is 139 g/mol. The quantitative estimate of drug-likeness (QED) is 0.455. The first-order valence-electron chi connectivity index (χ1n) is 3.98. The maximum absolute atomic E-state index is 5.67. The fourth-order valence-corrected chi connectivity index (χ4v) is 0.964. The van der Waals surface area contributed by atoms with Crippen molar-refractivity contribution in [1.29, 1.82) is 0 Å². The zero-order valence-corrected chi connectivity index (χ0v) is 8.05. The van der Waals surface area contributed by atoms with Crippen molar-refractivity contribution in [3.05, 3.63) is 0 Å². The SMILES string of the molecule is [B-]C(C)(OC(C)C)OC(C)C. The smallest absolute Gasteiger partial charge is 0.0506 e. The van der Waals surface area contributed by atoms with Gasteiger partial charge in [0.2, 0.25) is 0 Å². The van der Waals surface area contributed by atoms with Gasteiger partial charge in [-0.3, -0.25) is 0 Å². The van der Waals surface area contributed by atoms with Gasteiger partial charge in [0.15, 0.2) is 0 Å². The maximum Gasteiger partial charge on any atom is 0.0506 e. The lowest BCUT2D eigenvalue weighted by molar-refractivity contribution is -0.203. The molecule has 0 aromatic rings. The van der Waals surface area contributed by atoms with Gasteiger partial charge >= 0.3 is 0 Å². The summed E-state index contributed by atoms with van der Waals surface area (Å²) in [6.45, 7) is 9.42. The maximum atomic E-state index is 5.67. The van der Waals surface area contributed by atoms with E-state index in [2.05, 4.69) is 0 Å². The van der Waals surface area contributed by atoms with Crippen LogP contribution in [0.1, 0.15) is 34.6 Å². The van der Waals surface area contributed by atoms with E-state index in [9.17, 15) is 0 Å². The fraction of sp³-hybridized carbons (Fsp3) is 1.00. The summed E-state index contributed by atoms with van der Waals surface area (Å²) in [6.07, 6.45) is 0.174. The minimum absolute atomic E-state index is 0.0868. The molecule has 0 aromatic carbocycles. The fourth-order valence-electron chi connectivity index (χ4n) is 0.964. The number of hydrogen-bond acceptors (Lipinski definition) is 2. The molecule has 0 saturated carbocycles. The molecule has 0 aliphatic carbocycles. The second-order valence-corrected chi connectivity index (χ2v) is 3.35. The van der Waals surface area contributed by atoms with E-state index in [-0.39, 0.29) is 12.2 Å². The molecule has 0 saturated heterocycles. The topological polar surface area (TPSA) is 18.5 Å². The largest absolute Gasteiger partial charge is 0.540 e. The summed E-state index contributed by atoms with van der Waals surface area (Å²) in [5.74, 6) is 0. The third kappa shape index (κ3) is 6.39. The molecule has 0 bridgehead atoms. The highest BCUT2D eigenvalue weighted by Gasteiger charge is 2.08. The van der Waals surface area contributed by atoms with Crippen LogP contribution in [-0.4, -0.2) is 25.7 Å². The second-order valence-electron chi connectivity index (χ2n) is 3.35. The van der Waals surface area contributed by atoms with Crippen LogP contribution in [0.5, 0.6) is 0 Å². The molecule has 0 aromatic heterocycles. The van der Waals surface area contributed by atoms with Crippen LogP contribution in [0.2, 0.25) is 0 Å². The molecule has 3 radical (unpaired) electrons. The van der Waals surface area contributed by atoms with Crippen LogP contribution in [0, 0.1) is 0 Å². The Morgan fingerprint density at radius 2 is 1.27 bits per heavy atom. The predicted octanol–water partition coefficient (Wildman–Crippen LogP) is 1.68. The average molecular weight is 156 g/mol. The van der Waals surface area contributed by atoms with E-state index in [1.165, 1.54) is 0 Å². The van der Waals surface area contributed by atoms with Crippen LogP contribution in [0.3, 0.4) is 0 Å². The van der Waals surface area contributed by atoms with Crippen molar-refractivity contribution in [2.45, 2.75) is 52.5 Å². The highest BCUT2D eigenvalue weighted by molar-refractivity contribution is 6.13. The Morgan fingerprint density at radius 1 is 1.00 bits per heavy atom. The zero-order chi connectivity index (χ0) is 9.07. The van der Waals surface area contributed by atoms with E-state index in [1.807, 2.05) is 27.7 Å². The summed E-state index contributed by atoms with van der Waals surface area (Å²) >= 11 is 0. The summed E-state index contributed by atoms with van der Waals surface area (Å²) in [4.78, 5) is 0. The molecule has 0 aliphatic heterocycles. The molecule has 0 spiro atoms. The van der Waals surface area contributed by atoms with Crippen molar-refractivity contribution in [3.63, 3.8) is 0 Å². The summed E-state index contributed by atoms with van der Waals surface area (Å²) < 4.78 is 10.6. The lowest BCUT2D eigenvalue weighted by Gasteiger charge is -2.42. The van der Waals surface area contributed by atoms with E-state index in [4.69, 9.17) is 17.3 Å². The second kappa shape index (κ2) is 4.12. The molecule has 0 aliphatic rings. The third-order valence-corrected chi connectivity index (χ3v) is 0.939. The minimum atomic E-state index is -0.956. The first kappa shape index (κ1) is 11.0. The van der Waals surface area contributed by atoms with E-state index in [1.54, 1.807) is 6.92 Å². The third-order valence-electron chi connectivity index (χ3n) is 0.939. The number of ether oxygens (including phenoxy) is 2. The molecule has 0 heterocycles. The lowest BCUT2D eigenvalue weighted by Crippen LogP contribution is -2.37. The summed E-state index contributed by atoms with van der Waals surface area (Å²) in [6, 6.07) is 0. The minimum Gasteiger partial charge on any atom is -0.540 e. The Morgan fingerprint density at radius 3 is 1.45 bits per heavy atom. The summed E-state index contributed by atoms with van der Waals surface area (Å²) in [5, 5.41) is 0. The van der Waals surface area contributed by atoms with Gasteiger partial charge < -0.3 is 17.3 Å². The summed E-state index contributed by atoms with van der Waals surface area (Å²) in [5.41, 5.74) is -0.956. The van der Waals surface area contributed by atoms with Gasteiger partial charge in [-0.15, -0.1) is 0 Å². The van der Waals surface area contributed by atoms with Gasteiger partial charge in [0.05, 0.1) is 12.2 Å². The van der Waals surface area contributed by atoms with Gasteiger partial charge in [-0.25, -0.2) is 0 Å². The molecule has 11 heavy (non-hydrogen) atoms. The van der Waals surface area contributed by atoms with Gasteiger partial charge in [0, 0.05) is 0 Å². The molecule has 0 atom stereocenters. The van der Waals surface area contributed by atoms with Gasteiger partial charge in [-0.2, -0.15) is 0 Å². The van der Waals surface area contributed by atoms with Gasteiger partial charge in [0.25, 0.3) is 0 Å². The Hall–Kier alpha value is -0.0151. The van der Waals surface area contributed by atoms with E-state index >= 15 is 0 Å². The number of hydrogen-bond donors (Lipinski definition) is 0. The highest BCUT2D eigenvalue weighted by Crippen LogP contribution is 2.12. The molecule has 2 nitrogen and oxygen atoms in total. The van der Waals surface area contributed by atoms with Crippen molar-refractivity contribution in [3.8, 4) is 0 Å².